The van der Waals surface area contributed by atoms with Gasteiger partial charge in [0.05, 0.1) is 10.7 Å². The summed E-state index contributed by atoms with van der Waals surface area (Å²) in [6.45, 7) is 1.64. The van der Waals surface area contributed by atoms with Crippen LogP contribution < -0.4 is 5.32 Å². The summed E-state index contributed by atoms with van der Waals surface area (Å²) >= 11 is 5.99. The van der Waals surface area contributed by atoms with Gasteiger partial charge in [0.1, 0.15) is 0 Å². The van der Waals surface area contributed by atoms with Gasteiger partial charge in [-0.15, -0.1) is 0 Å². The molecule has 0 saturated heterocycles. The molecule has 23 heavy (non-hydrogen) atoms. The molecule has 0 aliphatic rings. The molecule has 0 aliphatic heterocycles. The smallest absolute Gasteiger partial charge is 0.291 e. The molecular weight excluding hydrogens is 331 g/mol. The second kappa shape index (κ2) is 5.62. The van der Waals surface area contributed by atoms with Crippen molar-refractivity contribution in [2.24, 2.45) is 0 Å². The fourth-order valence-corrected chi connectivity index (χ4v) is 2.44. The lowest BCUT2D eigenvalue weighted by molar-refractivity contribution is 0.0997. The molecule has 0 fully saturated rings. The van der Waals surface area contributed by atoms with E-state index < -0.39 is 29.0 Å². The molecule has 0 unspecified atom stereocenters. The average Bonchev–Trinajstić information content (AvgIpc) is 2.87. The van der Waals surface area contributed by atoms with Crippen molar-refractivity contribution in [3.05, 3.63) is 64.1 Å². The Bertz CT molecular complexity index is 937. The highest BCUT2D eigenvalue weighted by Crippen LogP contribution is 2.31. The van der Waals surface area contributed by atoms with Gasteiger partial charge in [-0.05, 0) is 25.1 Å². The molecule has 0 saturated carbocycles. The van der Waals surface area contributed by atoms with Crippen LogP contribution in [0.5, 0.6) is 0 Å². The van der Waals surface area contributed by atoms with Crippen LogP contribution in [0, 0.1) is 24.4 Å². The Labute approximate surface area is 133 Å². The van der Waals surface area contributed by atoms with Crippen molar-refractivity contribution >= 4 is 34.2 Å². The first-order valence-electron chi connectivity index (χ1n) is 6.52. The topological polar surface area (TPSA) is 42.2 Å². The molecule has 118 valence electrons. The molecule has 7 heteroatoms. The highest BCUT2D eigenvalue weighted by molar-refractivity contribution is 6.35. The third kappa shape index (κ3) is 2.55. The Morgan fingerprint density at radius 1 is 1.13 bits per heavy atom. The van der Waals surface area contributed by atoms with E-state index in [0.29, 0.717) is 21.6 Å². The summed E-state index contributed by atoms with van der Waals surface area (Å²) in [5.41, 5.74) is 0.338. The molecule has 1 heterocycles. The normalized spacial score (nSPS) is 11.0. The molecule has 1 N–H and O–H groups in total. The second-order valence-corrected chi connectivity index (χ2v) is 5.26. The summed E-state index contributed by atoms with van der Waals surface area (Å²) in [5.74, 6) is -5.36. The van der Waals surface area contributed by atoms with Crippen LogP contribution in [-0.4, -0.2) is 5.91 Å². The second-order valence-electron chi connectivity index (χ2n) is 4.85. The zero-order chi connectivity index (χ0) is 16.7. The van der Waals surface area contributed by atoms with Gasteiger partial charge in [-0.2, -0.15) is 0 Å². The molecule has 1 amide bonds. The standard InChI is InChI=1S/C16H9ClF3NO2/c1-7-8-3-2-4-9(17)15(8)23-14(7)16(22)21-11-6-5-10(18)12(19)13(11)20/h2-6H,1H3,(H,21,22). The van der Waals surface area contributed by atoms with Crippen molar-refractivity contribution in [3.63, 3.8) is 0 Å². The fourth-order valence-electron chi connectivity index (χ4n) is 2.23. The van der Waals surface area contributed by atoms with Crippen LogP contribution in [0.3, 0.4) is 0 Å². The molecular formula is C16H9ClF3NO2. The van der Waals surface area contributed by atoms with Gasteiger partial charge in [0, 0.05) is 10.9 Å². The van der Waals surface area contributed by atoms with Crippen molar-refractivity contribution in [3.8, 4) is 0 Å². The molecule has 0 aliphatic carbocycles. The minimum Gasteiger partial charge on any atom is -0.449 e. The lowest BCUT2D eigenvalue weighted by Gasteiger charge is -2.06. The van der Waals surface area contributed by atoms with Crippen molar-refractivity contribution in [2.45, 2.75) is 6.92 Å². The zero-order valence-corrected chi connectivity index (χ0v) is 12.5. The Kier molecular flexibility index (Phi) is 3.77. The Morgan fingerprint density at radius 2 is 1.87 bits per heavy atom. The van der Waals surface area contributed by atoms with E-state index in [1.807, 2.05) is 0 Å². The maximum atomic E-state index is 13.6. The number of halogens is 4. The number of hydrogen-bond donors (Lipinski definition) is 1. The van der Waals surface area contributed by atoms with Crippen molar-refractivity contribution in [2.75, 3.05) is 5.32 Å². The van der Waals surface area contributed by atoms with Gasteiger partial charge in [0.2, 0.25) is 0 Å². The number of aryl methyl sites for hydroxylation is 1. The van der Waals surface area contributed by atoms with Gasteiger partial charge in [-0.25, -0.2) is 13.2 Å². The first-order valence-corrected chi connectivity index (χ1v) is 6.90. The third-order valence-corrected chi connectivity index (χ3v) is 3.70. The average molecular weight is 340 g/mol. The molecule has 3 aromatic rings. The highest BCUT2D eigenvalue weighted by atomic mass is 35.5. The van der Waals surface area contributed by atoms with Crippen LogP contribution in [0.2, 0.25) is 5.02 Å². The maximum absolute atomic E-state index is 13.6. The van der Waals surface area contributed by atoms with Crippen LogP contribution in [0.1, 0.15) is 16.1 Å². The predicted molar refractivity (Wildman–Crippen MR) is 80.2 cm³/mol. The molecule has 0 radical (unpaired) electrons. The summed E-state index contributed by atoms with van der Waals surface area (Å²) in [7, 11) is 0. The quantitative estimate of drug-likeness (QED) is 0.663. The number of benzene rings is 2. The van der Waals surface area contributed by atoms with Crippen molar-refractivity contribution < 1.29 is 22.4 Å². The number of hydrogen-bond acceptors (Lipinski definition) is 2. The number of carbonyl (C=O) groups is 1. The van der Waals surface area contributed by atoms with Gasteiger partial charge < -0.3 is 9.73 Å². The van der Waals surface area contributed by atoms with E-state index in [4.69, 9.17) is 16.0 Å². The van der Waals surface area contributed by atoms with E-state index in [-0.39, 0.29) is 5.76 Å². The largest absolute Gasteiger partial charge is 0.449 e. The minimum absolute atomic E-state index is 0.0859. The Hall–Kier alpha value is -2.47. The van der Waals surface area contributed by atoms with Gasteiger partial charge in [-0.3, -0.25) is 4.79 Å². The highest BCUT2D eigenvalue weighted by Gasteiger charge is 2.21. The van der Waals surface area contributed by atoms with E-state index in [0.717, 1.165) is 12.1 Å². The van der Waals surface area contributed by atoms with E-state index in [1.54, 1.807) is 25.1 Å². The number of carbonyl (C=O) groups excluding carboxylic acids is 1. The van der Waals surface area contributed by atoms with Crippen LogP contribution in [0.15, 0.2) is 34.7 Å². The van der Waals surface area contributed by atoms with Crippen LogP contribution in [0.25, 0.3) is 11.0 Å². The summed E-state index contributed by atoms with van der Waals surface area (Å²) in [6, 6.07) is 6.66. The van der Waals surface area contributed by atoms with Crippen molar-refractivity contribution in [1.29, 1.82) is 0 Å². The first kappa shape index (κ1) is 15.4. The van der Waals surface area contributed by atoms with Crippen LogP contribution in [-0.2, 0) is 0 Å². The molecule has 0 atom stereocenters. The lowest BCUT2D eigenvalue weighted by atomic mass is 10.1. The molecule has 3 nitrogen and oxygen atoms in total. The first-order chi connectivity index (χ1) is 10.9. The number of anilines is 1. The number of amides is 1. The maximum Gasteiger partial charge on any atom is 0.291 e. The lowest BCUT2D eigenvalue weighted by Crippen LogP contribution is -2.14. The fraction of sp³-hybridized carbons (Fsp3) is 0.0625. The van der Waals surface area contributed by atoms with Gasteiger partial charge in [0.25, 0.3) is 5.91 Å². The zero-order valence-electron chi connectivity index (χ0n) is 11.7. The summed E-state index contributed by atoms with van der Waals surface area (Å²) < 4.78 is 45.2. The van der Waals surface area contributed by atoms with E-state index >= 15 is 0 Å². The number of furan rings is 1. The minimum atomic E-state index is -1.66. The van der Waals surface area contributed by atoms with Crippen LogP contribution in [0.4, 0.5) is 18.9 Å². The molecule has 2 aromatic carbocycles. The Morgan fingerprint density at radius 3 is 2.57 bits per heavy atom. The molecule has 1 aromatic heterocycles. The van der Waals surface area contributed by atoms with Gasteiger partial charge in [-0.1, -0.05) is 23.7 Å². The van der Waals surface area contributed by atoms with E-state index in [2.05, 4.69) is 5.32 Å². The SMILES string of the molecule is Cc1c(C(=O)Nc2ccc(F)c(F)c2F)oc2c(Cl)cccc12. The van der Waals surface area contributed by atoms with Gasteiger partial charge >= 0.3 is 0 Å². The van der Waals surface area contributed by atoms with Crippen LogP contribution >= 0.6 is 11.6 Å². The summed E-state index contributed by atoms with van der Waals surface area (Å²) in [6.07, 6.45) is 0. The van der Waals surface area contributed by atoms with Crippen molar-refractivity contribution in [1.82, 2.24) is 0 Å². The summed E-state index contributed by atoms with van der Waals surface area (Å²) in [5, 5.41) is 3.11. The molecule has 3 rings (SSSR count). The van der Waals surface area contributed by atoms with E-state index in [1.165, 1.54) is 0 Å². The third-order valence-electron chi connectivity index (χ3n) is 3.41. The predicted octanol–water partition coefficient (Wildman–Crippen LogP) is 5.06. The summed E-state index contributed by atoms with van der Waals surface area (Å²) in [4.78, 5) is 12.2. The number of nitrogens with one attached hydrogen (secondary N) is 1. The number of rotatable bonds is 2. The van der Waals surface area contributed by atoms with E-state index in [9.17, 15) is 18.0 Å². The number of para-hydroxylation sites is 1. The molecule has 0 spiro atoms. The molecule has 0 bridgehead atoms. The van der Waals surface area contributed by atoms with Gasteiger partial charge in [0.15, 0.2) is 28.8 Å². The number of fused-ring (bicyclic) bond motifs is 1. The Balaban J connectivity index is 2.00. The monoisotopic (exact) mass is 339 g/mol.